The lowest BCUT2D eigenvalue weighted by Gasteiger charge is -2.02. The highest BCUT2D eigenvalue weighted by Gasteiger charge is 1.92. The minimum absolute atomic E-state index is 0.972. The third-order valence-corrected chi connectivity index (χ3v) is 2.19. The van der Waals surface area contributed by atoms with E-state index in [1.165, 1.54) is 31.2 Å². The standard InChI is InChI=1S/C11H18N2/c1-2-3-4-5-10-6-8-11(13-12)9-7-10/h6-9,13H,2-5,12H2,1H3. The number of nitrogens with two attached hydrogens (primary N) is 1. The minimum atomic E-state index is 0.972. The molecular weight excluding hydrogens is 160 g/mol. The van der Waals surface area contributed by atoms with Crippen LogP contribution in [0.15, 0.2) is 24.3 Å². The van der Waals surface area contributed by atoms with Crippen LogP contribution in [0.3, 0.4) is 0 Å². The van der Waals surface area contributed by atoms with Crippen molar-refractivity contribution in [3.8, 4) is 0 Å². The van der Waals surface area contributed by atoms with Gasteiger partial charge in [0.25, 0.3) is 0 Å². The van der Waals surface area contributed by atoms with Crippen LogP contribution in [0.25, 0.3) is 0 Å². The number of unbranched alkanes of at least 4 members (excludes halogenated alkanes) is 2. The number of anilines is 1. The number of nitrogens with one attached hydrogen (secondary N) is 1. The average Bonchev–Trinajstić information content (AvgIpc) is 2.19. The second-order valence-corrected chi connectivity index (χ2v) is 3.30. The fraction of sp³-hybridized carbons (Fsp3) is 0.455. The van der Waals surface area contributed by atoms with E-state index in [4.69, 9.17) is 5.84 Å². The van der Waals surface area contributed by atoms with Gasteiger partial charge in [-0.3, -0.25) is 5.84 Å². The zero-order chi connectivity index (χ0) is 9.52. The molecule has 0 saturated heterocycles. The summed E-state index contributed by atoms with van der Waals surface area (Å²) in [7, 11) is 0. The van der Waals surface area contributed by atoms with Crippen molar-refractivity contribution in [3.05, 3.63) is 29.8 Å². The van der Waals surface area contributed by atoms with Crippen LogP contribution < -0.4 is 11.3 Å². The number of hydrazine groups is 1. The van der Waals surface area contributed by atoms with Crippen LogP contribution in [0.5, 0.6) is 0 Å². The molecule has 2 heteroatoms. The number of hydrogen-bond donors (Lipinski definition) is 2. The number of aryl methyl sites for hydroxylation is 1. The molecule has 0 heterocycles. The Kier molecular flexibility index (Phi) is 4.33. The highest BCUT2D eigenvalue weighted by molar-refractivity contribution is 5.43. The largest absolute Gasteiger partial charge is 0.324 e. The Bertz CT molecular complexity index is 228. The number of benzene rings is 1. The van der Waals surface area contributed by atoms with Crippen LogP contribution >= 0.6 is 0 Å². The van der Waals surface area contributed by atoms with Crippen molar-refractivity contribution >= 4 is 5.69 Å². The Hall–Kier alpha value is -1.02. The molecule has 0 aliphatic carbocycles. The van der Waals surface area contributed by atoms with E-state index in [9.17, 15) is 0 Å². The molecule has 13 heavy (non-hydrogen) atoms. The normalized spacial score (nSPS) is 10.0. The molecule has 0 fully saturated rings. The molecule has 1 aromatic rings. The zero-order valence-corrected chi connectivity index (χ0v) is 8.22. The molecule has 0 aliphatic heterocycles. The topological polar surface area (TPSA) is 38.0 Å². The monoisotopic (exact) mass is 178 g/mol. The average molecular weight is 178 g/mol. The van der Waals surface area contributed by atoms with Crippen molar-refractivity contribution in [2.45, 2.75) is 32.6 Å². The summed E-state index contributed by atoms with van der Waals surface area (Å²) in [5.41, 5.74) is 4.99. The predicted octanol–water partition coefficient (Wildman–Crippen LogP) is 2.70. The van der Waals surface area contributed by atoms with Gasteiger partial charge in [0, 0.05) is 5.69 Å². The van der Waals surface area contributed by atoms with Crippen molar-refractivity contribution < 1.29 is 0 Å². The summed E-state index contributed by atoms with van der Waals surface area (Å²) in [6.07, 6.45) is 5.06. The molecule has 0 aliphatic rings. The Morgan fingerprint density at radius 3 is 2.38 bits per heavy atom. The molecule has 0 atom stereocenters. The highest BCUT2D eigenvalue weighted by Crippen LogP contribution is 2.10. The first-order valence-electron chi connectivity index (χ1n) is 4.92. The van der Waals surface area contributed by atoms with Crippen LogP contribution in [0, 0.1) is 0 Å². The van der Waals surface area contributed by atoms with E-state index < -0.39 is 0 Å². The van der Waals surface area contributed by atoms with E-state index in [0.29, 0.717) is 0 Å². The summed E-state index contributed by atoms with van der Waals surface area (Å²) in [5, 5.41) is 0. The predicted molar refractivity (Wildman–Crippen MR) is 57.5 cm³/mol. The Morgan fingerprint density at radius 2 is 1.85 bits per heavy atom. The van der Waals surface area contributed by atoms with Gasteiger partial charge in [0.15, 0.2) is 0 Å². The molecule has 0 aromatic heterocycles. The SMILES string of the molecule is CCCCCc1ccc(NN)cc1. The van der Waals surface area contributed by atoms with Gasteiger partial charge in [0.2, 0.25) is 0 Å². The molecule has 0 spiro atoms. The van der Waals surface area contributed by atoms with E-state index in [0.717, 1.165) is 5.69 Å². The molecule has 0 bridgehead atoms. The lowest BCUT2D eigenvalue weighted by atomic mass is 10.1. The first-order chi connectivity index (χ1) is 6.36. The Morgan fingerprint density at radius 1 is 1.15 bits per heavy atom. The second-order valence-electron chi connectivity index (χ2n) is 3.30. The maximum atomic E-state index is 5.27. The fourth-order valence-electron chi connectivity index (χ4n) is 1.35. The second kappa shape index (κ2) is 5.60. The van der Waals surface area contributed by atoms with Crippen LogP contribution in [0.1, 0.15) is 31.7 Å². The molecule has 1 aromatic carbocycles. The summed E-state index contributed by atoms with van der Waals surface area (Å²) in [5.74, 6) is 5.27. The van der Waals surface area contributed by atoms with Gasteiger partial charge >= 0.3 is 0 Å². The number of rotatable bonds is 5. The molecule has 0 radical (unpaired) electrons. The van der Waals surface area contributed by atoms with Crippen LogP contribution in [-0.2, 0) is 6.42 Å². The van der Waals surface area contributed by atoms with Gasteiger partial charge in [-0.05, 0) is 30.5 Å². The van der Waals surface area contributed by atoms with Crippen LogP contribution in [0.2, 0.25) is 0 Å². The zero-order valence-electron chi connectivity index (χ0n) is 8.22. The van der Waals surface area contributed by atoms with Crippen molar-refractivity contribution in [3.63, 3.8) is 0 Å². The number of nitrogen functional groups attached to an aromatic ring is 1. The van der Waals surface area contributed by atoms with Gasteiger partial charge in [0.05, 0.1) is 0 Å². The van der Waals surface area contributed by atoms with Crippen molar-refractivity contribution in [2.75, 3.05) is 5.43 Å². The third-order valence-electron chi connectivity index (χ3n) is 2.19. The van der Waals surface area contributed by atoms with E-state index in [-0.39, 0.29) is 0 Å². The summed E-state index contributed by atoms with van der Waals surface area (Å²) < 4.78 is 0. The molecule has 3 N–H and O–H groups in total. The van der Waals surface area contributed by atoms with E-state index >= 15 is 0 Å². The molecule has 2 nitrogen and oxygen atoms in total. The van der Waals surface area contributed by atoms with Crippen LogP contribution in [0.4, 0.5) is 5.69 Å². The quantitative estimate of drug-likeness (QED) is 0.413. The summed E-state index contributed by atoms with van der Waals surface area (Å²) in [4.78, 5) is 0. The first kappa shape index (κ1) is 10.1. The van der Waals surface area contributed by atoms with Gasteiger partial charge in [-0.1, -0.05) is 31.9 Å². The smallest absolute Gasteiger partial charge is 0.0485 e. The highest BCUT2D eigenvalue weighted by atomic mass is 15.2. The Labute approximate surface area is 80.1 Å². The number of hydrogen-bond acceptors (Lipinski definition) is 2. The van der Waals surface area contributed by atoms with Crippen molar-refractivity contribution in [1.29, 1.82) is 0 Å². The molecule has 0 unspecified atom stereocenters. The maximum Gasteiger partial charge on any atom is 0.0485 e. The fourth-order valence-corrected chi connectivity index (χ4v) is 1.35. The Balaban J connectivity index is 2.40. The molecular formula is C11H18N2. The molecule has 72 valence electrons. The summed E-state index contributed by atoms with van der Waals surface area (Å²) in [6, 6.07) is 8.29. The van der Waals surface area contributed by atoms with Gasteiger partial charge in [-0.15, -0.1) is 0 Å². The van der Waals surface area contributed by atoms with E-state index in [1.807, 2.05) is 12.1 Å². The van der Waals surface area contributed by atoms with Crippen molar-refractivity contribution in [1.82, 2.24) is 0 Å². The van der Waals surface area contributed by atoms with E-state index in [1.54, 1.807) is 0 Å². The molecule has 0 amide bonds. The first-order valence-corrected chi connectivity index (χ1v) is 4.92. The van der Waals surface area contributed by atoms with Crippen LogP contribution in [-0.4, -0.2) is 0 Å². The van der Waals surface area contributed by atoms with Gasteiger partial charge in [-0.25, -0.2) is 0 Å². The lowest BCUT2D eigenvalue weighted by Crippen LogP contribution is -2.06. The summed E-state index contributed by atoms with van der Waals surface area (Å²) >= 11 is 0. The third kappa shape index (κ3) is 3.47. The van der Waals surface area contributed by atoms with Gasteiger partial charge in [-0.2, -0.15) is 0 Å². The molecule has 0 saturated carbocycles. The molecule has 1 rings (SSSR count). The minimum Gasteiger partial charge on any atom is -0.324 e. The van der Waals surface area contributed by atoms with Crippen molar-refractivity contribution in [2.24, 2.45) is 5.84 Å². The lowest BCUT2D eigenvalue weighted by molar-refractivity contribution is 0.717. The van der Waals surface area contributed by atoms with Gasteiger partial charge < -0.3 is 5.43 Å². The maximum absolute atomic E-state index is 5.27. The summed E-state index contributed by atoms with van der Waals surface area (Å²) in [6.45, 7) is 2.22. The van der Waals surface area contributed by atoms with Gasteiger partial charge in [0.1, 0.15) is 0 Å². The van der Waals surface area contributed by atoms with E-state index in [2.05, 4.69) is 24.5 Å².